The van der Waals surface area contributed by atoms with Gasteiger partial charge in [-0.05, 0) is 48.2 Å². The van der Waals surface area contributed by atoms with Gasteiger partial charge in [-0.15, -0.1) is 0 Å². The summed E-state index contributed by atoms with van der Waals surface area (Å²) in [6.07, 6.45) is 6.91. The summed E-state index contributed by atoms with van der Waals surface area (Å²) in [6, 6.07) is 12.7. The van der Waals surface area contributed by atoms with Crippen LogP contribution in [0.3, 0.4) is 0 Å². The van der Waals surface area contributed by atoms with Crippen LogP contribution in [0.1, 0.15) is 24.0 Å². The van der Waals surface area contributed by atoms with E-state index in [2.05, 4.69) is 28.1 Å². The third-order valence-corrected chi connectivity index (χ3v) is 5.41. The Balaban J connectivity index is 1.43. The Hall–Kier alpha value is -2.95. The second-order valence-corrected chi connectivity index (χ2v) is 7.31. The van der Waals surface area contributed by atoms with Crippen molar-refractivity contribution in [3.8, 4) is 0 Å². The summed E-state index contributed by atoms with van der Waals surface area (Å²) in [7, 11) is 1.80. The van der Waals surface area contributed by atoms with Crippen LogP contribution >= 0.6 is 0 Å². The molecule has 1 amide bonds. The quantitative estimate of drug-likeness (QED) is 0.758. The van der Waals surface area contributed by atoms with Gasteiger partial charge < -0.3 is 9.80 Å². The first-order valence-corrected chi connectivity index (χ1v) is 9.70. The SMILES string of the molecule is CN(C(=O)CCc1cccc(F)c1)c1ccc2c(c1)N(CC1=CCC=N1)CC2. The molecule has 0 radical (unpaired) electrons. The number of fused-ring (bicyclic) bond motifs is 1. The number of benzene rings is 2. The molecule has 0 fully saturated rings. The van der Waals surface area contributed by atoms with Crippen molar-refractivity contribution in [1.29, 1.82) is 0 Å². The van der Waals surface area contributed by atoms with E-state index in [0.29, 0.717) is 12.8 Å². The average Bonchev–Trinajstić information content (AvgIpc) is 3.36. The number of halogens is 1. The fraction of sp³-hybridized carbons (Fsp3) is 0.304. The average molecular weight is 377 g/mol. The summed E-state index contributed by atoms with van der Waals surface area (Å²) >= 11 is 0. The van der Waals surface area contributed by atoms with Crippen molar-refractivity contribution in [2.45, 2.75) is 25.7 Å². The highest BCUT2D eigenvalue weighted by Crippen LogP contribution is 2.33. The molecule has 0 atom stereocenters. The second-order valence-electron chi connectivity index (χ2n) is 7.31. The fourth-order valence-electron chi connectivity index (χ4n) is 3.77. The van der Waals surface area contributed by atoms with Crippen molar-refractivity contribution < 1.29 is 9.18 Å². The van der Waals surface area contributed by atoms with Crippen LogP contribution in [0, 0.1) is 5.82 Å². The van der Waals surface area contributed by atoms with Crippen LogP contribution in [-0.2, 0) is 17.6 Å². The Morgan fingerprint density at radius 2 is 2.14 bits per heavy atom. The number of allylic oxidation sites excluding steroid dienone is 1. The standard InChI is InChI=1S/C23H24FN3O/c1-26(23(28)10-7-17-4-2-5-19(24)14-17)21-9-8-18-11-13-27(22(18)15-21)16-20-6-3-12-25-20/h2,4-6,8-9,12,14-15H,3,7,10-11,13,16H2,1H3. The van der Waals surface area contributed by atoms with Crippen LogP contribution in [-0.4, -0.2) is 32.3 Å². The Morgan fingerprint density at radius 1 is 1.25 bits per heavy atom. The molecule has 0 saturated carbocycles. The summed E-state index contributed by atoms with van der Waals surface area (Å²) in [4.78, 5) is 21.1. The molecule has 4 nitrogen and oxygen atoms in total. The molecule has 2 heterocycles. The molecule has 0 bridgehead atoms. The molecule has 0 spiro atoms. The monoisotopic (exact) mass is 377 g/mol. The van der Waals surface area contributed by atoms with E-state index >= 15 is 0 Å². The summed E-state index contributed by atoms with van der Waals surface area (Å²) < 4.78 is 13.3. The zero-order valence-electron chi connectivity index (χ0n) is 16.1. The molecule has 2 aliphatic heterocycles. The number of carbonyl (C=O) groups excluding carboxylic acids is 1. The number of amides is 1. The molecule has 0 saturated heterocycles. The van der Waals surface area contributed by atoms with Crippen LogP contribution in [0.25, 0.3) is 0 Å². The molecule has 2 aromatic rings. The maximum atomic E-state index is 13.3. The van der Waals surface area contributed by atoms with E-state index in [4.69, 9.17) is 0 Å². The van der Waals surface area contributed by atoms with Gasteiger partial charge in [0, 0.05) is 44.0 Å². The lowest BCUT2D eigenvalue weighted by Gasteiger charge is -2.22. The molecule has 0 N–H and O–H groups in total. The van der Waals surface area contributed by atoms with Crippen LogP contribution in [0.15, 0.2) is 59.2 Å². The highest BCUT2D eigenvalue weighted by atomic mass is 19.1. The first-order chi connectivity index (χ1) is 13.6. The van der Waals surface area contributed by atoms with Crippen molar-refractivity contribution in [2.24, 2.45) is 4.99 Å². The minimum Gasteiger partial charge on any atom is -0.365 e. The highest BCUT2D eigenvalue weighted by Gasteiger charge is 2.22. The van der Waals surface area contributed by atoms with Gasteiger partial charge in [-0.3, -0.25) is 9.79 Å². The molecule has 28 heavy (non-hydrogen) atoms. The lowest BCUT2D eigenvalue weighted by atomic mass is 10.1. The van der Waals surface area contributed by atoms with E-state index in [1.165, 1.54) is 23.4 Å². The Bertz CT molecular complexity index is 951. The molecule has 144 valence electrons. The third-order valence-electron chi connectivity index (χ3n) is 5.41. The highest BCUT2D eigenvalue weighted by molar-refractivity contribution is 5.93. The van der Waals surface area contributed by atoms with E-state index in [-0.39, 0.29) is 11.7 Å². The lowest BCUT2D eigenvalue weighted by molar-refractivity contribution is -0.118. The first kappa shape index (κ1) is 18.4. The molecule has 4 rings (SSSR count). The summed E-state index contributed by atoms with van der Waals surface area (Å²) in [6.45, 7) is 1.78. The number of anilines is 2. The predicted molar refractivity (Wildman–Crippen MR) is 112 cm³/mol. The van der Waals surface area contributed by atoms with Crippen LogP contribution < -0.4 is 9.80 Å². The molecule has 0 aliphatic carbocycles. The van der Waals surface area contributed by atoms with E-state index in [1.54, 1.807) is 18.0 Å². The van der Waals surface area contributed by atoms with Gasteiger partial charge >= 0.3 is 0 Å². The van der Waals surface area contributed by atoms with E-state index in [1.807, 2.05) is 18.3 Å². The summed E-state index contributed by atoms with van der Waals surface area (Å²) in [5, 5.41) is 0. The Morgan fingerprint density at radius 3 is 2.93 bits per heavy atom. The van der Waals surface area contributed by atoms with E-state index in [9.17, 15) is 9.18 Å². The van der Waals surface area contributed by atoms with E-state index < -0.39 is 0 Å². The molecule has 5 heteroatoms. The fourth-order valence-corrected chi connectivity index (χ4v) is 3.77. The maximum absolute atomic E-state index is 13.3. The van der Waals surface area contributed by atoms with Gasteiger partial charge in [0.1, 0.15) is 5.82 Å². The van der Waals surface area contributed by atoms with Gasteiger partial charge in [0.25, 0.3) is 0 Å². The largest absolute Gasteiger partial charge is 0.365 e. The number of hydrogen-bond acceptors (Lipinski definition) is 3. The van der Waals surface area contributed by atoms with Gasteiger partial charge in [-0.25, -0.2) is 4.39 Å². The van der Waals surface area contributed by atoms with Gasteiger partial charge in [0.05, 0.1) is 12.2 Å². The predicted octanol–water partition coefficient (Wildman–Crippen LogP) is 4.14. The number of aryl methyl sites for hydroxylation is 1. The zero-order chi connectivity index (χ0) is 19.5. The van der Waals surface area contributed by atoms with E-state index in [0.717, 1.165) is 42.9 Å². The summed E-state index contributed by atoms with van der Waals surface area (Å²) in [5.74, 6) is -0.240. The second kappa shape index (κ2) is 7.97. The van der Waals surface area contributed by atoms with Crippen molar-refractivity contribution >= 4 is 23.5 Å². The van der Waals surface area contributed by atoms with Gasteiger partial charge in [-0.2, -0.15) is 0 Å². The topological polar surface area (TPSA) is 35.9 Å². The number of carbonyl (C=O) groups is 1. The van der Waals surface area contributed by atoms with Gasteiger partial charge in [-0.1, -0.05) is 24.3 Å². The van der Waals surface area contributed by atoms with Gasteiger partial charge in [0.2, 0.25) is 5.91 Å². The maximum Gasteiger partial charge on any atom is 0.227 e. The normalized spacial score (nSPS) is 14.9. The van der Waals surface area contributed by atoms with Crippen molar-refractivity contribution in [3.63, 3.8) is 0 Å². The number of hydrogen-bond donors (Lipinski definition) is 0. The number of rotatable bonds is 6. The van der Waals surface area contributed by atoms with Crippen LogP contribution in [0.4, 0.5) is 15.8 Å². The number of nitrogens with zero attached hydrogens (tertiary/aromatic N) is 3. The molecule has 0 aromatic heterocycles. The minimum absolute atomic E-state index is 0.0249. The van der Waals surface area contributed by atoms with Crippen molar-refractivity contribution in [3.05, 3.63) is 71.2 Å². The number of aliphatic imine (C=N–C) groups is 1. The lowest BCUT2D eigenvalue weighted by Crippen LogP contribution is -2.27. The molecule has 0 unspecified atom stereocenters. The Labute approximate surface area is 165 Å². The summed E-state index contributed by atoms with van der Waals surface area (Å²) in [5.41, 5.74) is 5.33. The molecule has 2 aromatic carbocycles. The minimum atomic E-state index is -0.265. The van der Waals surface area contributed by atoms with Crippen molar-refractivity contribution in [1.82, 2.24) is 0 Å². The van der Waals surface area contributed by atoms with Gasteiger partial charge in [0.15, 0.2) is 0 Å². The Kier molecular flexibility index (Phi) is 5.24. The molecular weight excluding hydrogens is 353 g/mol. The third kappa shape index (κ3) is 3.98. The van der Waals surface area contributed by atoms with Crippen LogP contribution in [0.2, 0.25) is 0 Å². The molecular formula is C23H24FN3O. The smallest absolute Gasteiger partial charge is 0.227 e. The van der Waals surface area contributed by atoms with Crippen molar-refractivity contribution in [2.75, 3.05) is 29.9 Å². The molecule has 2 aliphatic rings. The first-order valence-electron chi connectivity index (χ1n) is 9.70. The van der Waals surface area contributed by atoms with Crippen LogP contribution in [0.5, 0.6) is 0 Å². The zero-order valence-corrected chi connectivity index (χ0v) is 16.1.